The molecule has 6 heteroatoms. The second-order valence-electron chi connectivity index (χ2n) is 6.25. The molecule has 1 N–H and O–H groups in total. The fourth-order valence-corrected chi connectivity index (χ4v) is 2.88. The van der Waals surface area contributed by atoms with Gasteiger partial charge in [-0.05, 0) is 36.6 Å². The highest BCUT2D eigenvalue weighted by Gasteiger charge is 2.17. The van der Waals surface area contributed by atoms with Gasteiger partial charge in [0.15, 0.2) is 0 Å². The standard InChI is InChI=1S/C19H24ClN3O2/c1-12(2)18(14-6-8-15(25-5)9-7-14)21-17(24)11-10-16-13(3)22-23(4)19(16)20/h6-12,18H,1-5H3,(H,21,24)/b11-10+. The van der Waals surface area contributed by atoms with Gasteiger partial charge in [0.25, 0.3) is 0 Å². The molecule has 1 atom stereocenters. The van der Waals surface area contributed by atoms with Crippen molar-refractivity contribution in [1.82, 2.24) is 15.1 Å². The predicted octanol–water partition coefficient (Wildman–Crippen LogP) is 3.92. The van der Waals surface area contributed by atoms with Crippen molar-refractivity contribution in [2.45, 2.75) is 26.8 Å². The Hall–Kier alpha value is -2.27. The van der Waals surface area contributed by atoms with Gasteiger partial charge in [-0.25, -0.2) is 0 Å². The molecule has 0 aliphatic carbocycles. The Labute approximate surface area is 153 Å². The van der Waals surface area contributed by atoms with Crippen molar-refractivity contribution >= 4 is 23.6 Å². The highest BCUT2D eigenvalue weighted by Crippen LogP contribution is 2.24. The topological polar surface area (TPSA) is 56.1 Å². The van der Waals surface area contributed by atoms with Crippen molar-refractivity contribution in [1.29, 1.82) is 0 Å². The molecule has 0 aliphatic heterocycles. The van der Waals surface area contributed by atoms with Crippen molar-refractivity contribution in [2.75, 3.05) is 7.11 Å². The molecule has 0 radical (unpaired) electrons. The molecule has 0 saturated heterocycles. The number of benzene rings is 1. The Morgan fingerprint density at radius 3 is 2.44 bits per heavy atom. The molecular formula is C19H24ClN3O2. The molecule has 25 heavy (non-hydrogen) atoms. The average Bonchev–Trinajstić information content (AvgIpc) is 2.83. The first-order valence-electron chi connectivity index (χ1n) is 8.15. The maximum Gasteiger partial charge on any atom is 0.244 e. The SMILES string of the molecule is COc1ccc(C(NC(=O)/C=C/c2c(C)nn(C)c2Cl)C(C)C)cc1. The number of hydrogen-bond acceptors (Lipinski definition) is 3. The van der Waals surface area contributed by atoms with Crippen LogP contribution in [0.3, 0.4) is 0 Å². The third kappa shape index (κ3) is 4.63. The molecule has 1 amide bonds. The van der Waals surface area contributed by atoms with E-state index in [2.05, 4.69) is 24.3 Å². The molecule has 1 unspecified atom stereocenters. The van der Waals surface area contributed by atoms with Crippen LogP contribution in [0.1, 0.15) is 36.7 Å². The first kappa shape index (κ1) is 19.1. The summed E-state index contributed by atoms with van der Waals surface area (Å²) >= 11 is 6.18. The molecule has 0 fully saturated rings. The lowest BCUT2D eigenvalue weighted by Crippen LogP contribution is -2.30. The van der Waals surface area contributed by atoms with Crippen molar-refractivity contribution in [2.24, 2.45) is 13.0 Å². The Kier molecular flexibility index (Phi) is 6.26. The number of aryl methyl sites for hydroxylation is 2. The first-order chi connectivity index (χ1) is 11.8. The van der Waals surface area contributed by atoms with Gasteiger partial charge >= 0.3 is 0 Å². The summed E-state index contributed by atoms with van der Waals surface area (Å²) in [6.45, 7) is 6.00. The highest BCUT2D eigenvalue weighted by atomic mass is 35.5. The van der Waals surface area contributed by atoms with Crippen LogP contribution in [0.2, 0.25) is 5.15 Å². The summed E-state index contributed by atoms with van der Waals surface area (Å²) < 4.78 is 6.77. The molecule has 1 heterocycles. The third-order valence-electron chi connectivity index (χ3n) is 4.04. The van der Waals surface area contributed by atoms with Crippen LogP contribution in [-0.2, 0) is 11.8 Å². The number of aromatic nitrogens is 2. The zero-order valence-corrected chi connectivity index (χ0v) is 16.0. The molecule has 0 bridgehead atoms. The van der Waals surface area contributed by atoms with E-state index in [-0.39, 0.29) is 17.9 Å². The van der Waals surface area contributed by atoms with E-state index in [9.17, 15) is 4.79 Å². The van der Waals surface area contributed by atoms with E-state index in [1.54, 1.807) is 24.9 Å². The molecule has 0 spiro atoms. The highest BCUT2D eigenvalue weighted by molar-refractivity contribution is 6.31. The third-order valence-corrected chi connectivity index (χ3v) is 4.49. The molecule has 1 aromatic carbocycles. The predicted molar refractivity (Wildman–Crippen MR) is 101 cm³/mol. The monoisotopic (exact) mass is 361 g/mol. The van der Waals surface area contributed by atoms with Crippen LogP contribution in [0, 0.1) is 12.8 Å². The molecule has 2 rings (SSSR count). The summed E-state index contributed by atoms with van der Waals surface area (Å²) in [5.41, 5.74) is 2.57. The second-order valence-corrected chi connectivity index (χ2v) is 6.61. The lowest BCUT2D eigenvalue weighted by atomic mass is 9.96. The van der Waals surface area contributed by atoms with Crippen LogP contribution in [0.25, 0.3) is 6.08 Å². The Morgan fingerprint density at radius 1 is 1.32 bits per heavy atom. The van der Waals surface area contributed by atoms with E-state index in [4.69, 9.17) is 16.3 Å². The van der Waals surface area contributed by atoms with Crippen molar-refractivity contribution in [3.05, 3.63) is 52.3 Å². The van der Waals surface area contributed by atoms with Gasteiger partial charge in [0.05, 0.1) is 18.8 Å². The summed E-state index contributed by atoms with van der Waals surface area (Å²) in [5, 5.41) is 7.79. The largest absolute Gasteiger partial charge is 0.497 e. The van der Waals surface area contributed by atoms with E-state index in [1.165, 1.54) is 6.08 Å². The minimum atomic E-state index is -0.172. The smallest absolute Gasteiger partial charge is 0.244 e. The van der Waals surface area contributed by atoms with Gasteiger partial charge in [0.2, 0.25) is 5.91 Å². The van der Waals surface area contributed by atoms with Crippen molar-refractivity contribution in [3.63, 3.8) is 0 Å². The maximum absolute atomic E-state index is 12.4. The summed E-state index contributed by atoms with van der Waals surface area (Å²) in [4.78, 5) is 12.4. The lowest BCUT2D eigenvalue weighted by molar-refractivity contribution is -0.117. The second kappa shape index (κ2) is 8.21. The number of amides is 1. The molecular weight excluding hydrogens is 338 g/mol. The van der Waals surface area contributed by atoms with Crippen LogP contribution in [0.4, 0.5) is 0 Å². The van der Waals surface area contributed by atoms with E-state index in [1.807, 2.05) is 31.2 Å². The molecule has 2 aromatic rings. The van der Waals surface area contributed by atoms with Gasteiger partial charge in [-0.3, -0.25) is 9.48 Å². The number of nitrogens with zero attached hydrogens (tertiary/aromatic N) is 2. The van der Waals surface area contributed by atoms with E-state index in [0.29, 0.717) is 5.15 Å². The van der Waals surface area contributed by atoms with Crippen molar-refractivity contribution < 1.29 is 9.53 Å². The summed E-state index contributed by atoms with van der Waals surface area (Å²) in [5.74, 6) is 0.863. The summed E-state index contributed by atoms with van der Waals surface area (Å²) in [6, 6.07) is 7.64. The van der Waals surface area contributed by atoms with E-state index >= 15 is 0 Å². The zero-order chi connectivity index (χ0) is 18.6. The minimum Gasteiger partial charge on any atom is -0.497 e. The molecule has 0 saturated carbocycles. The summed E-state index contributed by atoms with van der Waals surface area (Å²) in [7, 11) is 3.40. The minimum absolute atomic E-state index is 0.0893. The molecule has 134 valence electrons. The van der Waals surface area contributed by atoms with Gasteiger partial charge in [0.1, 0.15) is 10.9 Å². The number of ether oxygens (including phenoxy) is 1. The first-order valence-corrected chi connectivity index (χ1v) is 8.53. The van der Waals surface area contributed by atoms with Gasteiger partial charge in [-0.1, -0.05) is 37.6 Å². The summed E-state index contributed by atoms with van der Waals surface area (Å²) in [6.07, 6.45) is 3.19. The molecule has 0 aliphatic rings. The zero-order valence-electron chi connectivity index (χ0n) is 15.2. The van der Waals surface area contributed by atoms with E-state index in [0.717, 1.165) is 22.6 Å². The van der Waals surface area contributed by atoms with Gasteiger partial charge in [-0.15, -0.1) is 0 Å². The van der Waals surface area contributed by atoms with Gasteiger partial charge < -0.3 is 10.1 Å². The van der Waals surface area contributed by atoms with Crippen LogP contribution in [0.15, 0.2) is 30.3 Å². The van der Waals surface area contributed by atoms with Crippen LogP contribution in [-0.4, -0.2) is 22.8 Å². The number of rotatable bonds is 6. The average molecular weight is 362 g/mol. The van der Waals surface area contributed by atoms with Crippen molar-refractivity contribution in [3.8, 4) is 5.75 Å². The lowest BCUT2D eigenvalue weighted by Gasteiger charge is -2.22. The molecule has 1 aromatic heterocycles. The van der Waals surface area contributed by atoms with Crippen LogP contribution in [0.5, 0.6) is 5.75 Å². The number of methoxy groups -OCH3 is 1. The number of halogens is 1. The number of carbonyl (C=O) groups is 1. The Bertz CT molecular complexity index is 764. The maximum atomic E-state index is 12.4. The van der Waals surface area contributed by atoms with Gasteiger partial charge in [0, 0.05) is 18.7 Å². The number of hydrogen-bond donors (Lipinski definition) is 1. The van der Waals surface area contributed by atoms with Crippen LogP contribution < -0.4 is 10.1 Å². The fraction of sp³-hybridized carbons (Fsp3) is 0.368. The fourth-order valence-electron chi connectivity index (χ4n) is 2.64. The number of carbonyl (C=O) groups excluding carboxylic acids is 1. The van der Waals surface area contributed by atoms with E-state index < -0.39 is 0 Å². The molecule has 5 nitrogen and oxygen atoms in total. The van der Waals surface area contributed by atoms with Gasteiger partial charge in [-0.2, -0.15) is 5.10 Å². The Morgan fingerprint density at radius 2 is 1.96 bits per heavy atom. The number of nitrogens with one attached hydrogen (secondary N) is 1. The normalized spacial score (nSPS) is 12.6. The van der Waals surface area contributed by atoms with Crippen LogP contribution >= 0.6 is 11.6 Å². The Balaban J connectivity index is 2.13. The quantitative estimate of drug-likeness (QED) is 0.793.